The number of rotatable bonds is 3. The van der Waals surface area contributed by atoms with E-state index in [1.165, 1.54) is 18.4 Å². The summed E-state index contributed by atoms with van der Waals surface area (Å²) in [7, 11) is 0. The summed E-state index contributed by atoms with van der Waals surface area (Å²) in [5, 5.41) is 0. The molecule has 0 bridgehead atoms. The van der Waals surface area contributed by atoms with Crippen LogP contribution in [0, 0.1) is 5.92 Å². The van der Waals surface area contributed by atoms with Crippen LogP contribution in [0.1, 0.15) is 31.2 Å². The van der Waals surface area contributed by atoms with Gasteiger partial charge in [-0.1, -0.05) is 30.3 Å². The fourth-order valence-electron chi connectivity index (χ4n) is 2.92. The molecule has 0 spiro atoms. The molecule has 102 valence electrons. The number of amides is 1. The van der Waals surface area contributed by atoms with Crippen molar-refractivity contribution >= 4 is 5.91 Å². The van der Waals surface area contributed by atoms with Crippen LogP contribution in [0.25, 0.3) is 0 Å². The van der Waals surface area contributed by atoms with Gasteiger partial charge in [0.15, 0.2) is 0 Å². The van der Waals surface area contributed by atoms with Gasteiger partial charge in [0.05, 0.1) is 18.6 Å². The van der Waals surface area contributed by atoms with Gasteiger partial charge in [0.25, 0.3) is 0 Å². The Morgan fingerprint density at radius 1 is 1.32 bits per heavy atom. The van der Waals surface area contributed by atoms with Crippen LogP contribution < -0.4 is 0 Å². The molecule has 0 N–H and O–H groups in total. The minimum Gasteiger partial charge on any atom is -0.375 e. The van der Waals surface area contributed by atoms with Gasteiger partial charge in [-0.2, -0.15) is 0 Å². The van der Waals surface area contributed by atoms with Crippen molar-refractivity contribution in [1.29, 1.82) is 0 Å². The van der Waals surface area contributed by atoms with E-state index in [0.717, 1.165) is 13.1 Å². The average molecular weight is 259 g/mol. The zero-order valence-corrected chi connectivity index (χ0v) is 11.4. The van der Waals surface area contributed by atoms with E-state index >= 15 is 0 Å². The van der Waals surface area contributed by atoms with Crippen LogP contribution in [0.5, 0.6) is 0 Å². The van der Waals surface area contributed by atoms with Crippen molar-refractivity contribution in [3.63, 3.8) is 0 Å². The second-order valence-electron chi connectivity index (χ2n) is 5.69. The molecule has 1 aliphatic heterocycles. The molecule has 2 unspecified atom stereocenters. The van der Waals surface area contributed by atoms with Gasteiger partial charge < -0.3 is 9.64 Å². The average Bonchev–Trinajstić information content (AvgIpc) is 3.25. The molecule has 3 heteroatoms. The lowest BCUT2D eigenvalue weighted by Crippen LogP contribution is -2.46. The van der Waals surface area contributed by atoms with E-state index in [1.54, 1.807) is 0 Å². The van der Waals surface area contributed by atoms with E-state index in [4.69, 9.17) is 4.74 Å². The first-order valence-electron chi connectivity index (χ1n) is 7.21. The Morgan fingerprint density at radius 2 is 2.05 bits per heavy atom. The molecule has 1 aromatic carbocycles. The predicted molar refractivity (Wildman–Crippen MR) is 73.9 cm³/mol. The Balaban J connectivity index is 1.78. The number of nitrogens with zero attached hydrogens (tertiary/aromatic N) is 1. The molecule has 1 saturated heterocycles. The fourth-order valence-corrected chi connectivity index (χ4v) is 2.92. The molecule has 1 saturated carbocycles. The molecular formula is C16H21NO2. The number of benzene rings is 1. The largest absolute Gasteiger partial charge is 0.375 e. The molecule has 3 rings (SSSR count). The summed E-state index contributed by atoms with van der Waals surface area (Å²) in [6, 6.07) is 10.2. The van der Waals surface area contributed by atoms with E-state index < -0.39 is 0 Å². The lowest BCUT2D eigenvalue weighted by molar-refractivity contribution is -0.140. The van der Waals surface area contributed by atoms with Crippen molar-refractivity contribution in [3.8, 4) is 0 Å². The SMILES string of the molecule is CC1CN(C(=O)C(c2ccccc2)C2CC2)CCO1. The first kappa shape index (κ1) is 12.7. The Bertz CT molecular complexity index is 441. The highest BCUT2D eigenvalue weighted by Gasteiger charge is 2.39. The molecule has 0 aromatic heterocycles. The van der Waals surface area contributed by atoms with Crippen LogP contribution in [0.3, 0.4) is 0 Å². The minimum absolute atomic E-state index is 0.0616. The van der Waals surface area contributed by atoms with Crippen LogP contribution in [0.2, 0.25) is 0 Å². The molecule has 1 aromatic rings. The van der Waals surface area contributed by atoms with Gasteiger partial charge in [0, 0.05) is 13.1 Å². The molecule has 1 heterocycles. The molecule has 0 radical (unpaired) electrons. The second kappa shape index (κ2) is 5.33. The van der Waals surface area contributed by atoms with Crippen molar-refractivity contribution in [3.05, 3.63) is 35.9 Å². The lowest BCUT2D eigenvalue weighted by Gasteiger charge is -2.34. The second-order valence-corrected chi connectivity index (χ2v) is 5.69. The zero-order valence-electron chi connectivity index (χ0n) is 11.4. The molecule has 3 nitrogen and oxygen atoms in total. The van der Waals surface area contributed by atoms with Gasteiger partial charge >= 0.3 is 0 Å². The standard InChI is InChI=1S/C16H21NO2/c1-12-11-17(9-10-19-12)16(18)15(14-7-8-14)13-5-3-2-4-6-13/h2-6,12,14-15H,7-11H2,1H3. The Hall–Kier alpha value is -1.35. The van der Waals surface area contributed by atoms with Gasteiger partial charge in [0.2, 0.25) is 5.91 Å². The van der Waals surface area contributed by atoms with E-state index in [2.05, 4.69) is 12.1 Å². The van der Waals surface area contributed by atoms with Gasteiger partial charge in [-0.3, -0.25) is 4.79 Å². The zero-order chi connectivity index (χ0) is 13.2. The molecule has 2 aliphatic rings. The first-order chi connectivity index (χ1) is 9.25. The third-order valence-electron chi connectivity index (χ3n) is 4.07. The van der Waals surface area contributed by atoms with Crippen molar-refractivity contribution in [1.82, 2.24) is 4.90 Å². The summed E-state index contributed by atoms with van der Waals surface area (Å²) in [5.41, 5.74) is 1.18. The van der Waals surface area contributed by atoms with E-state index in [0.29, 0.717) is 18.4 Å². The maximum absolute atomic E-state index is 12.8. The van der Waals surface area contributed by atoms with Crippen LogP contribution in [-0.2, 0) is 9.53 Å². The van der Waals surface area contributed by atoms with Crippen LogP contribution in [-0.4, -0.2) is 36.6 Å². The Labute approximate surface area is 114 Å². The normalized spacial score (nSPS) is 25.1. The van der Waals surface area contributed by atoms with E-state index in [-0.39, 0.29) is 12.0 Å². The van der Waals surface area contributed by atoms with Crippen molar-refractivity contribution in [2.24, 2.45) is 5.92 Å². The van der Waals surface area contributed by atoms with Crippen molar-refractivity contribution in [2.45, 2.75) is 31.8 Å². The highest BCUT2D eigenvalue weighted by molar-refractivity contribution is 5.84. The maximum atomic E-state index is 12.8. The molecule has 2 atom stereocenters. The number of ether oxygens (including phenoxy) is 1. The highest BCUT2D eigenvalue weighted by atomic mass is 16.5. The predicted octanol–water partition coefficient (Wildman–Crippen LogP) is 2.43. The Kier molecular flexibility index (Phi) is 3.56. The molecule has 2 fully saturated rings. The van der Waals surface area contributed by atoms with Crippen LogP contribution in [0.4, 0.5) is 0 Å². The highest BCUT2D eigenvalue weighted by Crippen LogP contribution is 2.43. The van der Waals surface area contributed by atoms with Crippen molar-refractivity contribution < 1.29 is 9.53 Å². The number of morpholine rings is 1. The first-order valence-corrected chi connectivity index (χ1v) is 7.21. The summed E-state index contributed by atoms with van der Waals surface area (Å²) in [4.78, 5) is 14.8. The Morgan fingerprint density at radius 3 is 2.68 bits per heavy atom. The monoisotopic (exact) mass is 259 g/mol. The molecule has 1 amide bonds. The van der Waals surface area contributed by atoms with Gasteiger partial charge in [0.1, 0.15) is 0 Å². The molecule has 1 aliphatic carbocycles. The summed E-state index contributed by atoms with van der Waals surface area (Å²) in [6.45, 7) is 4.17. The van der Waals surface area contributed by atoms with Gasteiger partial charge in [-0.05, 0) is 31.2 Å². The summed E-state index contributed by atoms with van der Waals surface area (Å²) >= 11 is 0. The summed E-state index contributed by atoms with van der Waals surface area (Å²) in [5.74, 6) is 0.906. The van der Waals surface area contributed by atoms with E-state index in [1.807, 2.05) is 30.0 Å². The number of hydrogen-bond donors (Lipinski definition) is 0. The van der Waals surface area contributed by atoms with Gasteiger partial charge in [-0.25, -0.2) is 0 Å². The summed E-state index contributed by atoms with van der Waals surface area (Å²) < 4.78 is 5.53. The van der Waals surface area contributed by atoms with Crippen molar-refractivity contribution in [2.75, 3.05) is 19.7 Å². The van der Waals surface area contributed by atoms with Crippen LogP contribution in [0.15, 0.2) is 30.3 Å². The minimum atomic E-state index is 0.0616. The maximum Gasteiger partial charge on any atom is 0.230 e. The molecular weight excluding hydrogens is 238 g/mol. The number of carbonyl (C=O) groups excluding carboxylic acids is 1. The van der Waals surface area contributed by atoms with Gasteiger partial charge in [-0.15, -0.1) is 0 Å². The third-order valence-corrected chi connectivity index (χ3v) is 4.07. The topological polar surface area (TPSA) is 29.5 Å². The number of carbonyl (C=O) groups is 1. The molecule has 19 heavy (non-hydrogen) atoms. The fraction of sp³-hybridized carbons (Fsp3) is 0.562. The quantitative estimate of drug-likeness (QED) is 0.834. The summed E-state index contributed by atoms with van der Waals surface area (Å²) in [6.07, 6.45) is 2.53. The number of hydrogen-bond acceptors (Lipinski definition) is 2. The van der Waals surface area contributed by atoms with Crippen LogP contribution >= 0.6 is 0 Å². The lowest BCUT2D eigenvalue weighted by atomic mass is 9.92. The smallest absolute Gasteiger partial charge is 0.230 e. The third kappa shape index (κ3) is 2.81. The van der Waals surface area contributed by atoms with E-state index in [9.17, 15) is 4.79 Å².